The van der Waals surface area contributed by atoms with Crippen molar-refractivity contribution >= 4 is 23.3 Å². The van der Waals surface area contributed by atoms with Crippen molar-refractivity contribution in [3.8, 4) is 5.69 Å². The van der Waals surface area contributed by atoms with Gasteiger partial charge in [-0.2, -0.15) is 5.10 Å². The first-order chi connectivity index (χ1) is 11.5. The number of nitrogens with zero attached hydrogens (tertiary/aromatic N) is 2. The minimum Gasteiger partial charge on any atom is -0.381 e. The standard InChI is InChI=1S/C17H21ClN4O2/c1-12-15(11-19-22(12)14-5-3-4-13(18)10-14)20-16(23)21-17(2)6-8-24-9-7-17/h3-5,10-11H,6-9H2,1-2H3,(H2,20,21,23). The molecule has 1 saturated heterocycles. The van der Waals surface area contributed by atoms with E-state index >= 15 is 0 Å². The second-order valence-corrected chi connectivity index (χ2v) is 6.72. The molecule has 0 unspecified atom stereocenters. The normalized spacial score (nSPS) is 16.6. The molecule has 0 saturated carbocycles. The second kappa shape index (κ2) is 6.83. The van der Waals surface area contributed by atoms with Gasteiger partial charge in [-0.15, -0.1) is 0 Å². The maximum atomic E-state index is 12.3. The summed E-state index contributed by atoms with van der Waals surface area (Å²) in [6, 6.07) is 7.19. The molecule has 0 bridgehead atoms. The van der Waals surface area contributed by atoms with Crippen molar-refractivity contribution in [2.45, 2.75) is 32.2 Å². The van der Waals surface area contributed by atoms with Crippen LogP contribution >= 0.6 is 11.6 Å². The lowest BCUT2D eigenvalue weighted by Crippen LogP contribution is -2.51. The second-order valence-electron chi connectivity index (χ2n) is 6.29. The molecule has 128 valence electrons. The van der Waals surface area contributed by atoms with Crippen molar-refractivity contribution in [2.75, 3.05) is 18.5 Å². The van der Waals surface area contributed by atoms with Crippen LogP contribution in [-0.2, 0) is 4.74 Å². The van der Waals surface area contributed by atoms with E-state index in [9.17, 15) is 4.79 Å². The SMILES string of the molecule is Cc1c(NC(=O)NC2(C)CCOCC2)cnn1-c1cccc(Cl)c1. The molecule has 2 aromatic rings. The maximum absolute atomic E-state index is 12.3. The van der Waals surface area contributed by atoms with Gasteiger partial charge in [-0.3, -0.25) is 0 Å². The fourth-order valence-corrected chi connectivity index (χ4v) is 2.96. The molecule has 24 heavy (non-hydrogen) atoms. The third kappa shape index (κ3) is 3.71. The first kappa shape index (κ1) is 16.8. The Labute approximate surface area is 146 Å². The molecule has 2 N–H and O–H groups in total. The molecule has 6 nitrogen and oxygen atoms in total. The minimum absolute atomic E-state index is 0.229. The molecule has 1 aromatic carbocycles. The van der Waals surface area contributed by atoms with E-state index < -0.39 is 0 Å². The van der Waals surface area contributed by atoms with E-state index in [1.807, 2.05) is 38.1 Å². The van der Waals surface area contributed by atoms with Gasteiger partial charge in [0.2, 0.25) is 0 Å². The van der Waals surface area contributed by atoms with E-state index in [2.05, 4.69) is 15.7 Å². The predicted molar refractivity (Wildman–Crippen MR) is 93.9 cm³/mol. The van der Waals surface area contributed by atoms with Crippen molar-refractivity contribution in [3.05, 3.63) is 41.2 Å². The van der Waals surface area contributed by atoms with Crippen LogP contribution in [0.3, 0.4) is 0 Å². The van der Waals surface area contributed by atoms with Crippen LogP contribution in [0, 0.1) is 6.92 Å². The topological polar surface area (TPSA) is 68.2 Å². The Morgan fingerprint density at radius 1 is 1.38 bits per heavy atom. The fourth-order valence-electron chi connectivity index (χ4n) is 2.78. The summed E-state index contributed by atoms with van der Waals surface area (Å²) in [5.74, 6) is 0. The van der Waals surface area contributed by atoms with Gasteiger partial charge in [0, 0.05) is 23.8 Å². The van der Waals surface area contributed by atoms with Gasteiger partial charge in [-0.05, 0) is 44.9 Å². The predicted octanol–water partition coefficient (Wildman–Crippen LogP) is 3.52. The van der Waals surface area contributed by atoms with Crippen molar-refractivity contribution in [2.24, 2.45) is 0 Å². The maximum Gasteiger partial charge on any atom is 0.319 e. The van der Waals surface area contributed by atoms with Gasteiger partial charge < -0.3 is 15.4 Å². The smallest absolute Gasteiger partial charge is 0.319 e. The molecule has 2 amide bonds. The first-order valence-electron chi connectivity index (χ1n) is 7.94. The van der Waals surface area contributed by atoms with Crippen LogP contribution < -0.4 is 10.6 Å². The van der Waals surface area contributed by atoms with Gasteiger partial charge in [-0.1, -0.05) is 17.7 Å². The quantitative estimate of drug-likeness (QED) is 0.891. The molecule has 7 heteroatoms. The Hall–Kier alpha value is -2.05. The van der Waals surface area contributed by atoms with Gasteiger partial charge >= 0.3 is 6.03 Å². The largest absolute Gasteiger partial charge is 0.381 e. The molecular formula is C17H21ClN4O2. The summed E-state index contributed by atoms with van der Waals surface area (Å²) in [5, 5.41) is 10.9. The zero-order valence-electron chi connectivity index (χ0n) is 13.8. The van der Waals surface area contributed by atoms with E-state index in [1.165, 1.54) is 0 Å². The number of benzene rings is 1. The number of ether oxygens (including phenoxy) is 1. The lowest BCUT2D eigenvalue weighted by Gasteiger charge is -2.34. The minimum atomic E-state index is -0.237. The van der Waals surface area contributed by atoms with E-state index in [-0.39, 0.29) is 11.6 Å². The van der Waals surface area contributed by atoms with Gasteiger partial charge in [0.1, 0.15) is 0 Å². The molecule has 1 aliphatic rings. The molecule has 0 radical (unpaired) electrons. The highest BCUT2D eigenvalue weighted by molar-refractivity contribution is 6.30. The summed E-state index contributed by atoms with van der Waals surface area (Å²) in [5.41, 5.74) is 2.12. The highest BCUT2D eigenvalue weighted by Crippen LogP contribution is 2.22. The summed E-state index contributed by atoms with van der Waals surface area (Å²) in [7, 11) is 0. The van der Waals surface area contributed by atoms with Gasteiger partial charge in [0.25, 0.3) is 0 Å². The van der Waals surface area contributed by atoms with Crippen molar-refractivity contribution in [1.29, 1.82) is 0 Å². The Balaban J connectivity index is 1.71. The molecule has 1 aromatic heterocycles. The molecule has 0 spiro atoms. The van der Waals surface area contributed by atoms with Crippen LogP contribution in [0.1, 0.15) is 25.5 Å². The number of carbonyl (C=O) groups is 1. The summed E-state index contributed by atoms with van der Waals surface area (Å²) in [4.78, 5) is 12.3. The number of aromatic nitrogens is 2. The van der Waals surface area contributed by atoms with Crippen LogP contribution in [0.4, 0.5) is 10.5 Å². The molecule has 0 aliphatic carbocycles. The summed E-state index contributed by atoms with van der Waals surface area (Å²) < 4.78 is 7.10. The number of amides is 2. The molecule has 0 atom stereocenters. The number of anilines is 1. The summed E-state index contributed by atoms with van der Waals surface area (Å²) >= 11 is 6.03. The fraction of sp³-hybridized carbons (Fsp3) is 0.412. The number of hydrogen-bond acceptors (Lipinski definition) is 3. The van der Waals surface area contributed by atoms with E-state index in [0.29, 0.717) is 23.9 Å². The van der Waals surface area contributed by atoms with Crippen molar-refractivity contribution in [3.63, 3.8) is 0 Å². The zero-order chi connectivity index (χ0) is 17.2. The number of rotatable bonds is 3. The van der Waals surface area contributed by atoms with Crippen LogP contribution in [-0.4, -0.2) is 34.6 Å². The first-order valence-corrected chi connectivity index (χ1v) is 8.32. The average molecular weight is 349 g/mol. The van der Waals surface area contributed by atoms with E-state index in [0.717, 1.165) is 24.2 Å². The molecular weight excluding hydrogens is 328 g/mol. The van der Waals surface area contributed by atoms with Crippen LogP contribution in [0.5, 0.6) is 0 Å². The third-order valence-electron chi connectivity index (χ3n) is 4.32. The van der Waals surface area contributed by atoms with E-state index in [4.69, 9.17) is 16.3 Å². The number of hydrogen-bond donors (Lipinski definition) is 2. The monoisotopic (exact) mass is 348 g/mol. The van der Waals surface area contributed by atoms with Crippen molar-refractivity contribution in [1.82, 2.24) is 15.1 Å². The zero-order valence-corrected chi connectivity index (χ0v) is 14.6. The highest BCUT2D eigenvalue weighted by Gasteiger charge is 2.29. The Bertz CT molecular complexity index is 738. The van der Waals surface area contributed by atoms with Crippen molar-refractivity contribution < 1.29 is 9.53 Å². The van der Waals surface area contributed by atoms with E-state index in [1.54, 1.807) is 10.9 Å². The number of urea groups is 1. The summed E-state index contributed by atoms with van der Waals surface area (Å²) in [6.07, 6.45) is 3.25. The van der Waals surface area contributed by atoms with Crippen LogP contribution in [0.15, 0.2) is 30.5 Å². The Morgan fingerprint density at radius 3 is 2.83 bits per heavy atom. The Kier molecular flexibility index (Phi) is 4.78. The highest BCUT2D eigenvalue weighted by atomic mass is 35.5. The average Bonchev–Trinajstić information content (AvgIpc) is 2.88. The number of nitrogens with one attached hydrogen (secondary N) is 2. The molecule has 1 fully saturated rings. The van der Waals surface area contributed by atoms with Crippen LogP contribution in [0.25, 0.3) is 5.69 Å². The number of carbonyl (C=O) groups excluding carboxylic acids is 1. The van der Waals surface area contributed by atoms with Gasteiger partial charge in [0.05, 0.1) is 23.3 Å². The van der Waals surface area contributed by atoms with Gasteiger partial charge in [0.15, 0.2) is 0 Å². The molecule has 1 aliphatic heterocycles. The van der Waals surface area contributed by atoms with Gasteiger partial charge in [-0.25, -0.2) is 9.48 Å². The third-order valence-corrected chi connectivity index (χ3v) is 4.56. The lowest BCUT2D eigenvalue weighted by atomic mass is 9.93. The van der Waals surface area contributed by atoms with Crippen LogP contribution in [0.2, 0.25) is 5.02 Å². The molecule has 3 rings (SSSR count). The summed E-state index contributed by atoms with van der Waals surface area (Å²) in [6.45, 7) is 5.28. The Morgan fingerprint density at radius 2 is 2.12 bits per heavy atom. The lowest BCUT2D eigenvalue weighted by molar-refractivity contribution is 0.0499. The molecule has 2 heterocycles. The number of halogens is 1.